The largest absolute Gasteiger partial charge is 0.476 e. The summed E-state index contributed by atoms with van der Waals surface area (Å²) >= 11 is 0. The van der Waals surface area contributed by atoms with Crippen LogP contribution in [0.25, 0.3) is 16.8 Å². The monoisotopic (exact) mass is 506 g/mol. The van der Waals surface area contributed by atoms with Crippen molar-refractivity contribution in [2.24, 2.45) is 0 Å². The summed E-state index contributed by atoms with van der Waals surface area (Å²) in [6.45, 7) is 2.40. The van der Waals surface area contributed by atoms with E-state index >= 15 is 0 Å². The van der Waals surface area contributed by atoms with Crippen LogP contribution in [0.5, 0.6) is 5.88 Å². The van der Waals surface area contributed by atoms with E-state index in [4.69, 9.17) is 15.2 Å². The van der Waals surface area contributed by atoms with Crippen molar-refractivity contribution in [2.75, 3.05) is 36.1 Å². The van der Waals surface area contributed by atoms with Crippen LogP contribution in [-0.2, 0) is 11.3 Å². The van der Waals surface area contributed by atoms with Gasteiger partial charge in [0.2, 0.25) is 5.88 Å². The van der Waals surface area contributed by atoms with E-state index in [0.29, 0.717) is 28.2 Å². The molecular weight excluding hydrogens is 483 g/mol. The number of carbonyl (C=O) groups is 2. The minimum Gasteiger partial charge on any atom is -0.476 e. The number of rotatable bonds is 3. The Morgan fingerprint density at radius 1 is 1.27 bits per heavy atom. The maximum atomic E-state index is 14.0. The van der Waals surface area contributed by atoms with E-state index in [2.05, 4.69) is 31.0 Å². The third-order valence-electron chi connectivity index (χ3n) is 5.59. The third kappa shape index (κ3) is 4.78. The van der Waals surface area contributed by atoms with Gasteiger partial charge in [-0.3, -0.25) is 10.1 Å². The normalized spacial score (nSPS) is 13.3. The van der Waals surface area contributed by atoms with E-state index in [0.717, 1.165) is 6.20 Å². The summed E-state index contributed by atoms with van der Waals surface area (Å²) in [5.74, 6) is -0.130. The molecule has 0 fully saturated rings. The van der Waals surface area contributed by atoms with Crippen LogP contribution in [0, 0.1) is 5.82 Å². The number of aromatic nitrogens is 4. The van der Waals surface area contributed by atoms with Crippen LogP contribution in [-0.4, -0.2) is 51.3 Å². The number of hydrogen-bond acceptors (Lipinski definition) is 9. The molecule has 0 spiro atoms. The summed E-state index contributed by atoms with van der Waals surface area (Å²) in [5.41, 5.74) is 9.15. The molecule has 0 saturated heterocycles. The number of nitrogen functional groups attached to an aromatic ring is 1. The van der Waals surface area contributed by atoms with Crippen LogP contribution in [0.3, 0.4) is 0 Å². The lowest BCUT2D eigenvalue weighted by molar-refractivity contribution is 0.0948. The van der Waals surface area contributed by atoms with Gasteiger partial charge in [0.15, 0.2) is 5.65 Å². The highest BCUT2D eigenvalue weighted by atomic mass is 19.1. The Balaban J connectivity index is 1.60. The van der Waals surface area contributed by atoms with Gasteiger partial charge in [0.25, 0.3) is 5.91 Å². The zero-order valence-electron chi connectivity index (χ0n) is 19.7. The fraction of sp³-hybridized carbons (Fsp3) is 0.208. The molecule has 1 aliphatic heterocycles. The number of nitrogens with zero attached hydrogens (tertiary/aromatic N) is 4. The number of nitrogens with one attached hydrogen (secondary N) is 3. The summed E-state index contributed by atoms with van der Waals surface area (Å²) in [5, 5.41) is 12.8. The summed E-state index contributed by atoms with van der Waals surface area (Å²) in [6, 6.07) is 8.18. The molecule has 0 atom stereocenters. The van der Waals surface area contributed by atoms with Crippen LogP contribution in [0.4, 0.5) is 26.5 Å². The van der Waals surface area contributed by atoms with E-state index in [-0.39, 0.29) is 49.2 Å². The first kappa shape index (κ1) is 23.8. The number of halogens is 1. The second-order valence-corrected chi connectivity index (χ2v) is 8.01. The van der Waals surface area contributed by atoms with E-state index in [1.54, 1.807) is 31.2 Å². The molecule has 0 radical (unpaired) electrons. The second-order valence-electron chi connectivity index (χ2n) is 8.01. The number of ether oxygens (including phenoxy) is 2. The first-order valence-electron chi connectivity index (χ1n) is 11.4. The zero-order valence-corrected chi connectivity index (χ0v) is 19.7. The highest BCUT2D eigenvalue weighted by Gasteiger charge is 2.22. The first-order chi connectivity index (χ1) is 17.9. The lowest BCUT2D eigenvalue weighted by Gasteiger charge is -2.16. The van der Waals surface area contributed by atoms with E-state index < -0.39 is 17.8 Å². The Morgan fingerprint density at radius 3 is 2.86 bits per heavy atom. The van der Waals surface area contributed by atoms with Crippen molar-refractivity contribution < 1.29 is 23.5 Å². The average molecular weight is 506 g/mol. The smallest absolute Gasteiger partial charge is 0.411 e. The van der Waals surface area contributed by atoms with Crippen LogP contribution >= 0.6 is 0 Å². The third-order valence-corrected chi connectivity index (χ3v) is 5.59. The Bertz CT molecular complexity index is 1490. The lowest BCUT2D eigenvalue weighted by Crippen LogP contribution is -2.28. The molecule has 12 nitrogen and oxygen atoms in total. The van der Waals surface area contributed by atoms with Gasteiger partial charge >= 0.3 is 6.09 Å². The summed E-state index contributed by atoms with van der Waals surface area (Å²) in [7, 11) is 0. The SMILES string of the molecule is CCOC(=O)Nc1ccc(-c2c3nc4c(cnn4c2N)C(=O)NCCOc2ncc(F)cc2CN3)cc1. The molecule has 0 unspecified atom stereocenters. The van der Waals surface area contributed by atoms with Gasteiger partial charge < -0.3 is 25.8 Å². The quantitative estimate of drug-likeness (QED) is 0.328. The number of hydrogen-bond donors (Lipinski definition) is 4. The Kier molecular flexibility index (Phi) is 6.41. The number of amides is 2. The molecule has 2 bridgehead atoms. The minimum atomic E-state index is -0.568. The van der Waals surface area contributed by atoms with Crippen molar-refractivity contribution in [3.63, 3.8) is 0 Å². The van der Waals surface area contributed by atoms with Gasteiger partial charge in [0, 0.05) is 17.8 Å². The number of benzene rings is 1. The fourth-order valence-electron chi connectivity index (χ4n) is 3.90. The standard InChI is InChI=1S/C24H23FN8O4/c1-2-36-24(35)31-16-5-3-13(4-6-16)18-19(26)33-21-17(12-30-33)22(34)27-7-8-37-23-14(9-15(25)11-29-23)10-28-20(18)32-21/h3-6,9,11-12H,2,7-8,10,26H2,1H3,(H,27,34)(H,28,32)(H,31,35). The van der Waals surface area contributed by atoms with Crippen LogP contribution in [0.2, 0.25) is 0 Å². The van der Waals surface area contributed by atoms with Crippen molar-refractivity contribution in [1.29, 1.82) is 0 Å². The number of anilines is 3. The number of fused-ring (bicyclic) bond motifs is 2. The Labute approximate surface area is 210 Å². The second kappa shape index (κ2) is 9.97. The molecule has 3 aromatic heterocycles. The van der Waals surface area contributed by atoms with Gasteiger partial charge in [-0.1, -0.05) is 12.1 Å². The lowest BCUT2D eigenvalue weighted by atomic mass is 10.1. The molecule has 2 amide bonds. The molecule has 4 heterocycles. The molecule has 1 aromatic carbocycles. The van der Waals surface area contributed by atoms with Crippen molar-refractivity contribution in [3.05, 3.63) is 59.7 Å². The zero-order chi connectivity index (χ0) is 25.9. The Morgan fingerprint density at radius 2 is 2.08 bits per heavy atom. The molecule has 1 aliphatic rings. The summed E-state index contributed by atoms with van der Waals surface area (Å²) in [4.78, 5) is 33.2. The van der Waals surface area contributed by atoms with Crippen molar-refractivity contribution in [1.82, 2.24) is 24.9 Å². The summed E-state index contributed by atoms with van der Waals surface area (Å²) in [6.07, 6.45) is 1.88. The average Bonchev–Trinajstić information content (AvgIpc) is 3.31. The molecular formula is C24H23FN8O4. The fourth-order valence-corrected chi connectivity index (χ4v) is 3.90. The number of nitrogens with two attached hydrogens (primary N) is 1. The van der Waals surface area contributed by atoms with Gasteiger partial charge in [-0.15, -0.1) is 0 Å². The van der Waals surface area contributed by atoms with Gasteiger partial charge in [-0.05, 0) is 30.7 Å². The molecule has 37 heavy (non-hydrogen) atoms. The van der Waals surface area contributed by atoms with Gasteiger partial charge in [-0.25, -0.2) is 19.2 Å². The summed E-state index contributed by atoms with van der Waals surface area (Å²) < 4.78 is 25.9. The van der Waals surface area contributed by atoms with Gasteiger partial charge in [0.1, 0.15) is 29.6 Å². The van der Waals surface area contributed by atoms with E-state index in [1.165, 1.54) is 16.8 Å². The minimum absolute atomic E-state index is 0.114. The van der Waals surface area contributed by atoms with Crippen molar-refractivity contribution in [3.8, 4) is 17.0 Å². The van der Waals surface area contributed by atoms with Crippen LogP contribution in [0.1, 0.15) is 22.8 Å². The van der Waals surface area contributed by atoms with E-state index in [9.17, 15) is 14.0 Å². The van der Waals surface area contributed by atoms with Gasteiger partial charge in [0.05, 0.1) is 31.1 Å². The predicted octanol–water partition coefficient (Wildman–Crippen LogP) is 2.82. The highest BCUT2D eigenvalue weighted by molar-refractivity contribution is 6.01. The molecule has 5 rings (SSSR count). The molecule has 0 aliphatic carbocycles. The molecule has 190 valence electrons. The topological polar surface area (TPSA) is 158 Å². The maximum Gasteiger partial charge on any atom is 0.411 e. The van der Waals surface area contributed by atoms with Crippen LogP contribution < -0.4 is 26.4 Å². The first-order valence-corrected chi connectivity index (χ1v) is 11.4. The molecule has 13 heteroatoms. The maximum absolute atomic E-state index is 14.0. The predicted molar refractivity (Wildman–Crippen MR) is 133 cm³/mol. The van der Waals surface area contributed by atoms with Gasteiger partial charge in [-0.2, -0.15) is 9.61 Å². The molecule has 4 aromatic rings. The molecule has 0 saturated carbocycles. The number of carbonyl (C=O) groups excluding carboxylic acids is 2. The molecule has 5 N–H and O–H groups in total. The van der Waals surface area contributed by atoms with Crippen LogP contribution in [0.15, 0.2) is 42.7 Å². The number of pyridine rings is 1. The van der Waals surface area contributed by atoms with Crippen molar-refractivity contribution in [2.45, 2.75) is 13.5 Å². The highest BCUT2D eigenvalue weighted by Crippen LogP contribution is 2.35. The Hall–Kier alpha value is -4.94. The van der Waals surface area contributed by atoms with E-state index in [1.807, 2.05) is 0 Å². The van der Waals surface area contributed by atoms with Crippen molar-refractivity contribution >= 4 is 35.0 Å².